The summed E-state index contributed by atoms with van der Waals surface area (Å²) in [6.07, 6.45) is 6.00. The lowest BCUT2D eigenvalue weighted by molar-refractivity contribution is 0.282. The van der Waals surface area contributed by atoms with Crippen LogP contribution in [0.2, 0.25) is 0 Å². The fraction of sp³-hybridized carbons (Fsp3) is 0.333. The van der Waals surface area contributed by atoms with Crippen molar-refractivity contribution in [3.63, 3.8) is 0 Å². The largest absolute Gasteiger partial charge is 0.392 e. The van der Waals surface area contributed by atoms with E-state index in [0.717, 1.165) is 35.5 Å². The number of benzene rings is 1. The van der Waals surface area contributed by atoms with E-state index in [9.17, 15) is 0 Å². The molecule has 19 heavy (non-hydrogen) atoms. The highest BCUT2D eigenvalue weighted by atomic mass is 16.3. The van der Waals surface area contributed by atoms with Crippen molar-refractivity contribution in [1.82, 2.24) is 15.3 Å². The van der Waals surface area contributed by atoms with E-state index in [1.54, 1.807) is 0 Å². The fourth-order valence-corrected chi connectivity index (χ4v) is 2.43. The number of hydrogen-bond acceptors (Lipinski definition) is 4. The number of aliphatic hydroxyl groups is 1. The Morgan fingerprint density at radius 1 is 1.26 bits per heavy atom. The van der Waals surface area contributed by atoms with Crippen LogP contribution < -0.4 is 5.32 Å². The molecule has 2 N–H and O–H groups in total. The van der Waals surface area contributed by atoms with Gasteiger partial charge in [-0.25, -0.2) is 0 Å². The minimum absolute atomic E-state index is 0.0470. The predicted octanol–water partition coefficient (Wildman–Crippen LogP) is 2.06. The van der Waals surface area contributed by atoms with Crippen LogP contribution in [-0.4, -0.2) is 21.6 Å². The van der Waals surface area contributed by atoms with Crippen molar-refractivity contribution in [2.24, 2.45) is 0 Å². The first-order valence-corrected chi connectivity index (χ1v) is 6.62. The summed E-state index contributed by atoms with van der Waals surface area (Å²) in [4.78, 5) is 8.99. The van der Waals surface area contributed by atoms with E-state index in [1.165, 1.54) is 6.42 Å². The molecule has 1 aromatic carbocycles. The second-order valence-corrected chi connectivity index (χ2v) is 4.83. The van der Waals surface area contributed by atoms with E-state index in [4.69, 9.17) is 5.11 Å². The van der Waals surface area contributed by atoms with E-state index in [1.807, 2.05) is 36.7 Å². The first kappa shape index (κ1) is 12.3. The van der Waals surface area contributed by atoms with Gasteiger partial charge in [-0.3, -0.25) is 9.97 Å². The molecule has 0 radical (unpaired) electrons. The van der Waals surface area contributed by atoms with Gasteiger partial charge < -0.3 is 10.4 Å². The van der Waals surface area contributed by atoms with Gasteiger partial charge in [0.25, 0.3) is 0 Å². The number of aliphatic hydroxyl groups excluding tert-OH is 1. The molecule has 0 amide bonds. The lowest BCUT2D eigenvalue weighted by Crippen LogP contribution is -2.14. The van der Waals surface area contributed by atoms with Gasteiger partial charge in [0.1, 0.15) is 0 Å². The quantitative estimate of drug-likeness (QED) is 0.881. The Morgan fingerprint density at radius 2 is 2.21 bits per heavy atom. The molecule has 1 aliphatic heterocycles. The predicted molar refractivity (Wildman–Crippen MR) is 73.4 cm³/mol. The highest BCUT2D eigenvalue weighted by Crippen LogP contribution is 2.22. The van der Waals surface area contributed by atoms with Crippen LogP contribution in [0.25, 0.3) is 11.3 Å². The van der Waals surface area contributed by atoms with Crippen molar-refractivity contribution >= 4 is 0 Å². The maximum atomic E-state index is 9.15. The number of hydrogen-bond donors (Lipinski definition) is 2. The number of aromatic nitrogens is 2. The molecule has 1 aromatic heterocycles. The minimum atomic E-state index is 0.0470. The van der Waals surface area contributed by atoms with Gasteiger partial charge in [0.05, 0.1) is 36.4 Å². The fourth-order valence-electron chi connectivity index (χ4n) is 2.43. The second kappa shape index (κ2) is 5.47. The molecule has 0 spiro atoms. The first-order chi connectivity index (χ1) is 9.36. The molecule has 0 unspecified atom stereocenters. The third kappa shape index (κ3) is 2.64. The molecular weight excluding hydrogens is 238 g/mol. The Balaban J connectivity index is 1.84. The first-order valence-electron chi connectivity index (χ1n) is 6.62. The van der Waals surface area contributed by atoms with Crippen LogP contribution in [0.1, 0.15) is 30.1 Å². The Morgan fingerprint density at radius 3 is 2.89 bits per heavy atom. The average molecular weight is 255 g/mol. The second-order valence-electron chi connectivity index (χ2n) is 4.83. The molecule has 1 aliphatic rings. The molecule has 1 fully saturated rings. The molecule has 0 aliphatic carbocycles. The zero-order chi connectivity index (χ0) is 13.1. The Bertz CT molecular complexity index is 548. The van der Waals surface area contributed by atoms with Gasteiger partial charge in [-0.2, -0.15) is 0 Å². The maximum absolute atomic E-state index is 9.15. The van der Waals surface area contributed by atoms with Crippen molar-refractivity contribution in [3.05, 3.63) is 47.9 Å². The monoisotopic (exact) mass is 255 g/mol. The van der Waals surface area contributed by atoms with Gasteiger partial charge in [-0.15, -0.1) is 0 Å². The van der Waals surface area contributed by atoms with Crippen molar-refractivity contribution < 1.29 is 5.11 Å². The minimum Gasteiger partial charge on any atom is -0.392 e. The SMILES string of the molecule is OCc1cccc(-c2cnc([C@@H]3CCCN3)cn2)c1. The highest BCUT2D eigenvalue weighted by Gasteiger charge is 2.17. The van der Waals surface area contributed by atoms with E-state index in [-0.39, 0.29) is 6.61 Å². The molecule has 2 aromatic rings. The lowest BCUT2D eigenvalue weighted by Gasteiger charge is -2.09. The Labute approximate surface area is 112 Å². The normalized spacial score (nSPS) is 18.7. The smallest absolute Gasteiger partial charge is 0.0885 e. The lowest BCUT2D eigenvalue weighted by atomic mass is 10.1. The molecule has 3 rings (SSSR count). The van der Waals surface area contributed by atoms with Gasteiger partial charge in [0.2, 0.25) is 0 Å². The molecule has 0 saturated carbocycles. The summed E-state index contributed by atoms with van der Waals surface area (Å²) in [6, 6.07) is 8.10. The molecular formula is C15H17N3O. The zero-order valence-electron chi connectivity index (χ0n) is 10.7. The van der Waals surface area contributed by atoms with Gasteiger partial charge >= 0.3 is 0 Å². The third-order valence-corrected chi connectivity index (χ3v) is 3.49. The summed E-state index contributed by atoms with van der Waals surface area (Å²) >= 11 is 0. The number of nitrogens with zero attached hydrogens (tertiary/aromatic N) is 2. The standard InChI is InChI=1S/C15H17N3O/c19-10-11-3-1-4-12(7-11)14-8-18-15(9-17-14)13-5-2-6-16-13/h1,3-4,7-9,13,16,19H,2,5-6,10H2/t13-/m0/s1. The van der Waals surface area contributed by atoms with Crippen LogP contribution in [0, 0.1) is 0 Å². The van der Waals surface area contributed by atoms with Crippen molar-refractivity contribution in [2.75, 3.05) is 6.54 Å². The van der Waals surface area contributed by atoms with Crippen molar-refractivity contribution in [1.29, 1.82) is 0 Å². The molecule has 1 saturated heterocycles. The van der Waals surface area contributed by atoms with E-state index < -0.39 is 0 Å². The van der Waals surface area contributed by atoms with Crippen LogP contribution in [0.4, 0.5) is 0 Å². The van der Waals surface area contributed by atoms with Crippen LogP contribution >= 0.6 is 0 Å². The Hall–Kier alpha value is -1.78. The van der Waals surface area contributed by atoms with Crippen molar-refractivity contribution in [3.8, 4) is 11.3 Å². The Kier molecular flexibility index (Phi) is 3.53. The number of nitrogens with one attached hydrogen (secondary N) is 1. The van der Waals surface area contributed by atoms with Gasteiger partial charge in [0.15, 0.2) is 0 Å². The van der Waals surface area contributed by atoms with Gasteiger partial charge in [0, 0.05) is 5.56 Å². The average Bonchev–Trinajstić information content (AvgIpc) is 3.02. The van der Waals surface area contributed by atoms with Gasteiger partial charge in [-0.05, 0) is 31.0 Å². The highest BCUT2D eigenvalue weighted by molar-refractivity contribution is 5.58. The molecule has 2 heterocycles. The molecule has 98 valence electrons. The molecule has 0 bridgehead atoms. The molecule has 1 atom stereocenters. The zero-order valence-corrected chi connectivity index (χ0v) is 10.7. The third-order valence-electron chi connectivity index (χ3n) is 3.49. The summed E-state index contributed by atoms with van der Waals surface area (Å²) in [5, 5.41) is 12.6. The molecule has 4 nitrogen and oxygen atoms in total. The van der Waals surface area contributed by atoms with Crippen LogP contribution in [-0.2, 0) is 6.61 Å². The van der Waals surface area contributed by atoms with Crippen LogP contribution in [0.5, 0.6) is 0 Å². The summed E-state index contributed by atoms with van der Waals surface area (Å²) in [6.45, 7) is 1.11. The summed E-state index contributed by atoms with van der Waals surface area (Å²) in [7, 11) is 0. The number of rotatable bonds is 3. The van der Waals surface area contributed by atoms with E-state index >= 15 is 0 Å². The summed E-state index contributed by atoms with van der Waals surface area (Å²) < 4.78 is 0. The molecule has 4 heteroatoms. The van der Waals surface area contributed by atoms with Gasteiger partial charge in [-0.1, -0.05) is 18.2 Å². The topological polar surface area (TPSA) is 58.0 Å². The van der Waals surface area contributed by atoms with Crippen molar-refractivity contribution in [2.45, 2.75) is 25.5 Å². The summed E-state index contributed by atoms with van der Waals surface area (Å²) in [5.41, 5.74) is 3.74. The van der Waals surface area contributed by atoms with Crippen LogP contribution in [0.15, 0.2) is 36.7 Å². The summed E-state index contributed by atoms with van der Waals surface area (Å²) in [5.74, 6) is 0. The maximum Gasteiger partial charge on any atom is 0.0885 e. The van der Waals surface area contributed by atoms with E-state index in [2.05, 4.69) is 15.3 Å². The van der Waals surface area contributed by atoms with Crippen LogP contribution in [0.3, 0.4) is 0 Å². The van der Waals surface area contributed by atoms with E-state index in [0.29, 0.717) is 6.04 Å².